The standard InChI is InChI=1S/C15H30N2/c1-12-9-13(12)10-17(4)15(11-16)7-5-14(2,3)6-8-15/h12-13H,5-11,16H2,1-4H3. The monoisotopic (exact) mass is 238 g/mol. The van der Waals surface area contributed by atoms with Crippen LogP contribution in [0.4, 0.5) is 0 Å². The molecule has 2 aliphatic carbocycles. The van der Waals surface area contributed by atoms with Gasteiger partial charge in [0.25, 0.3) is 0 Å². The molecular weight excluding hydrogens is 208 g/mol. The molecule has 2 saturated carbocycles. The summed E-state index contributed by atoms with van der Waals surface area (Å²) in [6.07, 6.45) is 6.65. The van der Waals surface area contributed by atoms with Gasteiger partial charge in [0.2, 0.25) is 0 Å². The van der Waals surface area contributed by atoms with E-state index in [1.54, 1.807) is 0 Å². The molecule has 0 aliphatic heterocycles. The molecule has 0 saturated heterocycles. The number of hydrogen-bond acceptors (Lipinski definition) is 2. The van der Waals surface area contributed by atoms with Gasteiger partial charge in [-0.2, -0.15) is 0 Å². The lowest BCUT2D eigenvalue weighted by Crippen LogP contribution is -2.55. The summed E-state index contributed by atoms with van der Waals surface area (Å²) >= 11 is 0. The zero-order valence-corrected chi connectivity index (χ0v) is 12.1. The molecule has 2 fully saturated rings. The number of rotatable bonds is 4. The van der Waals surface area contributed by atoms with Crippen LogP contribution in [0.15, 0.2) is 0 Å². The smallest absolute Gasteiger partial charge is 0.0329 e. The van der Waals surface area contributed by atoms with E-state index < -0.39 is 0 Å². The van der Waals surface area contributed by atoms with E-state index in [9.17, 15) is 0 Å². The number of likely N-dealkylation sites (N-methyl/N-ethyl adjacent to an activating group) is 1. The van der Waals surface area contributed by atoms with Gasteiger partial charge in [-0.15, -0.1) is 0 Å². The van der Waals surface area contributed by atoms with Crippen LogP contribution in [-0.4, -0.2) is 30.6 Å². The van der Waals surface area contributed by atoms with Gasteiger partial charge in [0, 0.05) is 18.6 Å². The van der Waals surface area contributed by atoms with Gasteiger partial charge in [-0.1, -0.05) is 20.8 Å². The van der Waals surface area contributed by atoms with E-state index in [0.717, 1.165) is 18.4 Å². The third kappa shape index (κ3) is 2.85. The summed E-state index contributed by atoms with van der Waals surface area (Å²) in [5, 5.41) is 0. The van der Waals surface area contributed by atoms with Crippen molar-refractivity contribution in [1.82, 2.24) is 4.90 Å². The van der Waals surface area contributed by atoms with Gasteiger partial charge in [-0.3, -0.25) is 4.90 Å². The van der Waals surface area contributed by atoms with E-state index in [1.807, 2.05) is 0 Å². The van der Waals surface area contributed by atoms with Crippen LogP contribution in [0.1, 0.15) is 52.9 Å². The second kappa shape index (κ2) is 4.55. The highest BCUT2D eigenvalue weighted by Crippen LogP contribution is 2.44. The molecule has 0 bridgehead atoms. The Labute approximate surface area is 107 Å². The zero-order chi connectivity index (χ0) is 12.7. The SMILES string of the molecule is CC1CC1CN(C)C1(CN)CCC(C)(C)CC1. The van der Waals surface area contributed by atoms with Crippen LogP contribution in [-0.2, 0) is 0 Å². The zero-order valence-electron chi connectivity index (χ0n) is 12.1. The predicted molar refractivity (Wildman–Crippen MR) is 73.9 cm³/mol. The van der Waals surface area contributed by atoms with Crippen LogP contribution in [0.3, 0.4) is 0 Å². The number of nitrogens with two attached hydrogens (primary N) is 1. The van der Waals surface area contributed by atoms with Gasteiger partial charge in [-0.25, -0.2) is 0 Å². The predicted octanol–water partition coefficient (Wildman–Crippen LogP) is 2.87. The van der Waals surface area contributed by atoms with Crippen molar-refractivity contribution in [2.45, 2.75) is 58.4 Å². The second-order valence-electron chi connectivity index (χ2n) is 7.45. The third-order valence-corrected chi connectivity index (χ3v) is 5.51. The van der Waals surface area contributed by atoms with E-state index in [0.29, 0.717) is 11.0 Å². The molecular formula is C15H30N2. The largest absolute Gasteiger partial charge is 0.329 e. The van der Waals surface area contributed by atoms with Crippen molar-refractivity contribution in [3.05, 3.63) is 0 Å². The van der Waals surface area contributed by atoms with E-state index in [-0.39, 0.29) is 0 Å². The highest BCUT2D eigenvalue weighted by atomic mass is 15.2. The van der Waals surface area contributed by atoms with Crippen molar-refractivity contribution in [1.29, 1.82) is 0 Å². The first kappa shape index (κ1) is 13.4. The molecule has 2 N–H and O–H groups in total. The summed E-state index contributed by atoms with van der Waals surface area (Å²) in [4.78, 5) is 2.59. The lowest BCUT2D eigenvalue weighted by atomic mass is 9.68. The topological polar surface area (TPSA) is 29.3 Å². The Morgan fingerprint density at radius 1 is 1.18 bits per heavy atom. The minimum absolute atomic E-state index is 0.303. The Hall–Kier alpha value is -0.0800. The summed E-state index contributed by atoms with van der Waals surface area (Å²) in [5.74, 6) is 1.89. The minimum Gasteiger partial charge on any atom is -0.329 e. The van der Waals surface area contributed by atoms with E-state index in [1.165, 1.54) is 38.6 Å². The quantitative estimate of drug-likeness (QED) is 0.816. The molecule has 0 aromatic rings. The van der Waals surface area contributed by atoms with Crippen LogP contribution < -0.4 is 5.73 Å². The molecule has 2 unspecified atom stereocenters. The Balaban J connectivity index is 1.94. The summed E-state index contributed by atoms with van der Waals surface area (Å²) in [6.45, 7) is 9.27. The summed E-state index contributed by atoms with van der Waals surface area (Å²) in [7, 11) is 2.30. The van der Waals surface area contributed by atoms with Gasteiger partial charge in [0.1, 0.15) is 0 Å². The number of hydrogen-bond donors (Lipinski definition) is 1. The van der Waals surface area contributed by atoms with Gasteiger partial charge in [0.05, 0.1) is 0 Å². The van der Waals surface area contributed by atoms with Crippen LogP contribution in [0.5, 0.6) is 0 Å². The average Bonchev–Trinajstić information content (AvgIpc) is 2.95. The van der Waals surface area contributed by atoms with Gasteiger partial charge in [0.15, 0.2) is 0 Å². The van der Waals surface area contributed by atoms with E-state index in [2.05, 4.69) is 32.7 Å². The van der Waals surface area contributed by atoms with Gasteiger partial charge < -0.3 is 5.73 Å². The molecule has 100 valence electrons. The van der Waals surface area contributed by atoms with Gasteiger partial charge >= 0.3 is 0 Å². The first-order chi connectivity index (χ1) is 7.88. The fraction of sp³-hybridized carbons (Fsp3) is 1.00. The molecule has 0 aromatic carbocycles. The first-order valence-corrected chi connectivity index (χ1v) is 7.30. The molecule has 0 spiro atoms. The maximum Gasteiger partial charge on any atom is 0.0329 e. The van der Waals surface area contributed by atoms with E-state index >= 15 is 0 Å². The molecule has 2 rings (SSSR count). The Morgan fingerprint density at radius 3 is 2.12 bits per heavy atom. The molecule has 2 nitrogen and oxygen atoms in total. The summed E-state index contributed by atoms with van der Waals surface area (Å²) in [6, 6.07) is 0. The maximum atomic E-state index is 6.12. The fourth-order valence-corrected chi connectivity index (χ4v) is 3.33. The lowest BCUT2D eigenvalue weighted by molar-refractivity contribution is 0.0379. The van der Waals surface area contributed by atoms with Crippen molar-refractivity contribution in [2.75, 3.05) is 20.1 Å². The molecule has 17 heavy (non-hydrogen) atoms. The third-order valence-electron chi connectivity index (χ3n) is 5.51. The normalized spacial score (nSPS) is 34.9. The van der Waals surface area contributed by atoms with E-state index in [4.69, 9.17) is 5.73 Å². The second-order valence-corrected chi connectivity index (χ2v) is 7.45. The first-order valence-electron chi connectivity index (χ1n) is 7.30. The number of nitrogens with zero attached hydrogens (tertiary/aromatic N) is 1. The van der Waals surface area contributed by atoms with Crippen LogP contribution in [0.2, 0.25) is 0 Å². The molecule has 0 radical (unpaired) electrons. The Bertz CT molecular complexity index is 262. The van der Waals surface area contributed by atoms with Crippen LogP contribution in [0, 0.1) is 17.3 Å². The Morgan fingerprint density at radius 2 is 1.71 bits per heavy atom. The minimum atomic E-state index is 0.303. The van der Waals surface area contributed by atoms with Crippen molar-refractivity contribution >= 4 is 0 Å². The fourth-order valence-electron chi connectivity index (χ4n) is 3.33. The molecule has 2 heteroatoms. The highest BCUT2D eigenvalue weighted by Gasteiger charge is 2.43. The molecule has 0 heterocycles. The van der Waals surface area contributed by atoms with Crippen molar-refractivity contribution in [3.8, 4) is 0 Å². The van der Waals surface area contributed by atoms with Crippen molar-refractivity contribution in [3.63, 3.8) is 0 Å². The summed E-state index contributed by atoms with van der Waals surface area (Å²) in [5.41, 5.74) is 6.95. The van der Waals surface area contributed by atoms with Gasteiger partial charge in [-0.05, 0) is 56.4 Å². The maximum absolute atomic E-state index is 6.12. The molecule has 0 amide bonds. The van der Waals surface area contributed by atoms with Crippen molar-refractivity contribution in [2.24, 2.45) is 23.0 Å². The van der Waals surface area contributed by atoms with Crippen LogP contribution in [0.25, 0.3) is 0 Å². The lowest BCUT2D eigenvalue weighted by Gasteiger charge is -2.48. The molecule has 2 atom stereocenters. The average molecular weight is 238 g/mol. The van der Waals surface area contributed by atoms with Crippen LogP contribution >= 0.6 is 0 Å². The molecule has 2 aliphatic rings. The highest BCUT2D eigenvalue weighted by molar-refractivity contribution is 4.99. The Kier molecular flexibility index (Phi) is 3.57. The van der Waals surface area contributed by atoms with Crippen molar-refractivity contribution < 1.29 is 0 Å². The summed E-state index contributed by atoms with van der Waals surface area (Å²) < 4.78 is 0. The molecule has 0 aromatic heterocycles.